The topological polar surface area (TPSA) is 62.7 Å². The minimum absolute atomic E-state index is 0.135. The van der Waals surface area contributed by atoms with Gasteiger partial charge in [0, 0.05) is 11.8 Å². The third-order valence-electron chi connectivity index (χ3n) is 5.39. The number of amidine groups is 1. The number of nitrogens with one attached hydrogen (secondary N) is 2. The lowest BCUT2D eigenvalue weighted by molar-refractivity contribution is -0.193. The Labute approximate surface area is 148 Å². The van der Waals surface area contributed by atoms with E-state index < -0.39 is 29.7 Å². The Morgan fingerprint density at radius 2 is 2.04 bits per heavy atom. The lowest BCUT2D eigenvalue weighted by atomic mass is 9.91. The van der Waals surface area contributed by atoms with Crippen molar-refractivity contribution in [2.24, 2.45) is 10.9 Å². The van der Waals surface area contributed by atoms with E-state index in [-0.39, 0.29) is 18.0 Å². The van der Waals surface area contributed by atoms with E-state index in [4.69, 9.17) is 4.74 Å². The molecule has 0 aromatic rings. The van der Waals surface area contributed by atoms with Crippen molar-refractivity contribution in [2.75, 3.05) is 18.9 Å². The molecule has 6 unspecified atom stereocenters. The zero-order valence-corrected chi connectivity index (χ0v) is 15.2. The van der Waals surface area contributed by atoms with Gasteiger partial charge >= 0.3 is 6.18 Å². The van der Waals surface area contributed by atoms with Crippen molar-refractivity contribution < 1.29 is 22.1 Å². The number of hydrogen-bond donors (Lipinski definition) is 2. The monoisotopic (exact) mass is 381 g/mol. The quantitative estimate of drug-likeness (QED) is 0.781. The highest BCUT2D eigenvalue weighted by molar-refractivity contribution is 8.00. The lowest BCUT2D eigenvalue weighted by Gasteiger charge is -2.36. The molecule has 0 radical (unpaired) electrons. The van der Waals surface area contributed by atoms with Crippen LogP contribution in [-0.4, -0.2) is 58.7 Å². The van der Waals surface area contributed by atoms with E-state index in [0.717, 1.165) is 19.3 Å². The highest BCUT2D eigenvalue weighted by Gasteiger charge is 2.37. The van der Waals surface area contributed by atoms with Gasteiger partial charge in [-0.1, -0.05) is 19.8 Å². The summed E-state index contributed by atoms with van der Waals surface area (Å²) in [4.78, 5) is 4.59. The zero-order valence-electron chi connectivity index (χ0n) is 14.3. The van der Waals surface area contributed by atoms with E-state index >= 15 is 0 Å². The van der Waals surface area contributed by atoms with Crippen LogP contribution < -0.4 is 10.6 Å². The maximum Gasteiger partial charge on any atom is 0.411 e. The summed E-state index contributed by atoms with van der Waals surface area (Å²) < 4.78 is 54.9. The average molecular weight is 381 g/mol. The molecule has 1 saturated heterocycles. The average Bonchev–Trinajstić information content (AvgIpc) is 2.99. The molecule has 25 heavy (non-hydrogen) atoms. The van der Waals surface area contributed by atoms with Gasteiger partial charge in [-0.15, -0.1) is 0 Å². The highest BCUT2D eigenvalue weighted by atomic mass is 32.2. The predicted octanol–water partition coefficient (Wildman–Crippen LogP) is 1.95. The smallest absolute Gasteiger partial charge is 0.368 e. The van der Waals surface area contributed by atoms with Crippen LogP contribution in [0.15, 0.2) is 4.99 Å². The Balaban J connectivity index is 1.54. The molecule has 6 atom stereocenters. The fourth-order valence-corrected chi connectivity index (χ4v) is 5.35. The summed E-state index contributed by atoms with van der Waals surface area (Å²) in [5, 5.41) is 7.13. The van der Waals surface area contributed by atoms with Crippen molar-refractivity contribution in [3.05, 3.63) is 0 Å². The van der Waals surface area contributed by atoms with E-state index in [2.05, 4.69) is 15.6 Å². The van der Waals surface area contributed by atoms with Crippen LogP contribution in [0.4, 0.5) is 13.2 Å². The van der Waals surface area contributed by atoms with E-state index in [1.165, 1.54) is 6.42 Å². The van der Waals surface area contributed by atoms with E-state index in [1.54, 1.807) is 0 Å². The zero-order chi connectivity index (χ0) is 18.0. The Kier molecular flexibility index (Phi) is 6.05. The molecule has 5 nitrogen and oxygen atoms in total. The number of nitrogens with zero attached hydrogens (tertiary/aromatic N) is 1. The normalized spacial score (nSPS) is 37.1. The molecule has 3 rings (SSSR count). The number of piperidine rings is 1. The first-order valence-electron chi connectivity index (χ1n) is 8.98. The number of fused-ring (bicyclic) bond motifs is 1. The van der Waals surface area contributed by atoms with Crippen LogP contribution >= 0.6 is 0 Å². The van der Waals surface area contributed by atoms with Crippen LogP contribution in [0.5, 0.6) is 0 Å². The van der Waals surface area contributed by atoms with Crippen LogP contribution in [0.2, 0.25) is 0 Å². The van der Waals surface area contributed by atoms with Gasteiger partial charge in [0.15, 0.2) is 5.17 Å². The molecule has 0 bridgehead atoms. The summed E-state index contributed by atoms with van der Waals surface area (Å²) in [5.74, 6) is 0.211. The maximum atomic E-state index is 12.7. The fourth-order valence-electron chi connectivity index (χ4n) is 3.91. The van der Waals surface area contributed by atoms with Crippen molar-refractivity contribution in [1.82, 2.24) is 10.6 Å². The lowest BCUT2D eigenvalue weighted by Crippen LogP contribution is -2.52. The number of aliphatic imine (C=N–C) groups is 1. The van der Waals surface area contributed by atoms with Gasteiger partial charge in [0.2, 0.25) is 0 Å². The van der Waals surface area contributed by atoms with E-state index in [0.29, 0.717) is 29.9 Å². The van der Waals surface area contributed by atoms with Crippen molar-refractivity contribution in [3.63, 3.8) is 0 Å². The molecule has 0 aromatic carbocycles. The van der Waals surface area contributed by atoms with Gasteiger partial charge in [0.1, 0.15) is 6.61 Å². The van der Waals surface area contributed by atoms with Crippen LogP contribution in [0, 0.1) is 5.92 Å². The summed E-state index contributed by atoms with van der Waals surface area (Å²) in [5.41, 5.74) is 0. The molecule has 1 aliphatic carbocycles. The van der Waals surface area contributed by atoms with Gasteiger partial charge in [0.05, 0.1) is 29.0 Å². The molecule has 2 heterocycles. The molecule has 1 saturated carbocycles. The predicted molar refractivity (Wildman–Crippen MR) is 91.0 cm³/mol. The van der Waals surface area contributed by atoms with Crippen LogP contribution in [0.3, 0.4) is 0 Å². The molecular weight excluding hydrogens is 355 g/mol. The molecule has 2 N–H and O–H groups in total. The minimum atomic E-state index is -4.32. The number of hydrogen-bond acceptors (Lipinski definition) is 5. The molecule has 2 aliphatic heterocycles. The van der Waals surface area contributed by atoms with Gasteiger partial charge in [-0.25, -0.2) is 0 Å². The van der Waals surface area contributed by atoms with Crippen molar-refractivity contribution in [3.8, 4) is 0 Å². The Bertz CT molecular complexity index is 529. The number of alkyl halides is 3. The SMILES string of the molecule is CC1C(CS(=O)C2=NC3CCCCC3N2)NCCC1OCC(F)(F)F. The molecule has 0 amide bonds. The van der Waals surface area contributed by atoms with Gasteiger partial charge < -0.3 is 15.4 Å². The number of ether oxygens (including phenoxy) is 1. The molecule has 144 valence electrons. The van der Waals surface area contributed by atoms with Crippen LogP contribution in [0.25, 0.3) is 0 Å². The summed E-state index contributed by atoms with van der Waals surface area (Å²) in [6.07, 6.45) is 0.163. The van der Waals surface area contributed by atoms with Gasteiger partial charge in [-0.05, 0) is 31.7 Å². The molecule has 0 spiro atoms. The summed E-state index contributed by atoms with van der Waals surface area (Å²) in [7, 11) is -1.27. The molecule has 0 aromatic heterocycles. The van der Waals surface area contributed by atoms with Gasteiger partial charge in [-0.3, -0.25) is 9.20 Å². The molecule has 2 fully saturated rings. The standard InChI is InChI=1S/C16H26F3N3O2S/c1-10-13(20-7-6-14(10)24-9-16(17,18)19)8-25(23)15-21-11-4-2-3-5-12(11)22-15/h10-14,20H,2-9H2,1H3,(H,21,22). The third-order valence-corrected chi connectivity index (χ3v) is 6.70. The molecule has 3 aliphatic rings. The van der Waals surface area contributed by atoms with Crippen molar-refractivity contribution in [2.45, 2.75) is 69.4 Å². The summed E-state index contributed by atoms with van der Waals surface area (Å²) in [6.45, 7) is 1.20. The molecule has 9 heteroatoms. The second kappa shape index (κ2) is 7.92. The number of rotatable bonds is 4. The van der Waals surface area contributed by atoms with Crippen molar-refractivity contribution >= 4 is 16.0 Å². The summed E-state index contributed by atoms with van der Waals surface area (Å²) in [6, 6.07) is 0.388. The third kappa shape index (κ3) is 4.95. The number of halogens is 3. The van der Waals surface area contributed by atoms with Crippen LogP contribution in [0.1, 0.15) is 39.0 Å². The first-order valence-corrected chi connectivity index (χ1v) is 10.3. The largest absolute Gasteiger partial charge is 0.411 e. The van der Waals surface area contributed by atoms with E-state index in [9.17, 15) is 17.4 Å². The minimum Gasteiger partial charge on any atom is -0.368 e. The second-order valence-electron chi connectivity index (χ2n) is 7.22. The van der Waals surface area contributed by atoms with Gasteiger partial charge in [-0.2, -0.15) is 13.2 Å². The highest BCUT2D eigenvalue weighted by Crippen LogP contribution is 2.27. The Morgan fingerprint density at radius 3 is 2.76 bits per heavy atom. The second-order valence-corrected chi connectivity index (χ2v) is 8.63. The van der Waals surface area contributed by atoms with Crippen LogP contribution in [-0.2, 0) is 15.5 Å². The first kappa shape index (κ1) is 19.1. The molecular formula is C16H26F3N3O2S. The Hall–Kier alpha value is -0.670. The van der Waals surface area contributed by atoms with Crippen molar-refractivity contribution in [1.29, 1.82) is 0 Å². The fraction of sp³-hybridized carbons (Fsp3) is 0.938. The first-order chi connectivity index (χ1) is 11.8. The van der Waals surface area contributed by atoms with E-state index in [1.807, 2.05) is 6.92 Å². The Morgan fingerprint density at radius 1 is 1.28 bits per heavy atom. The van der Waals surface area contributed by atoms with Gasteiger partial charge in [0.25, 0.3) is 0 Å². The maximum absolute atomic E-state index is 12.7. The summed E-state index contributed by atoms with van der Waals surface area (Å²) >= 11 is 0.